The van der Waals surface area contributed by atoms with Gasteiger partial charge in [0, 0.05) is 12.1 Å². The first-order valence-electron chi connectivity index (χ1n) is 14.4. The van der Waals surface area contributed by atoms with Crippen LogP contribution in [0.15, 0.2) is 78.0 Å². The van der Waals surface area contributed by atoms with Gasteiger partial charge in [0.05, 0.1) is 17.1 Å². The number of para-hydroxylation sites is 1. The number of carbonyl (C=O) groups is 2. The highest BCUT2D eigenvalue weighted by Gasteiger charge is 2.33. The van der Waals surface area contributed by atoms with E-state index in [1.54, 1.807) is 4.90 Å². The zero-order valence-corrected chi connectivity index (χ0v) is 25.5. The number of rotatable bonds is 10. The van der Waals surface area contributed by atoms with Gasteiger partial charge in [-0.3, -0.25) is 9.69 Å². The van der Waals surface area contributed by atoms with Crippen LogP contribution in [0.1, 0.15) is 36.5 Å². The molecule has 2 heterocycles. The van der Waals surface area contributed by atoms with Crippen molar-refractivity contribution in [2.75, 3.05) is 17.2 Å². The molecule has 234 valence electrons. The summed E-state index contributed by atoms with van der Waals surface area (Å²) in [6.45, 7) is 4.44. The number of alkyl halides is 3. The fourth-order valence-corrected chi connectivity index (χ4v) is 5.76. The minimum Gasteiger partial charge on any atom is -0.406 e. The van der Waals surface area contributed by atoms with Gasteiger partial charge in [0.2, 0.25) is 5.91 Å². The lowest BCUT2D eigenvalue weighted by Gasteiger charge is -2.21. The van der Waals surface area contributed by atoms with Crippen molar-refractivity contribution in [2.45, 2.75) is 45.9 Å². The van der Waals surface area contributed by atoms with Crippen molar-refractivity contribution in [2.24, 2.45) is 4.99 Å². The number of nitrogens with zero attached hydrogens (tertiary/aromatic N) is 5. The molecule has 3 aromatic carbocycles. The minimum atomic E-state index is -4.75. The van der Waals surface area contributed by atoms with Crippen LogP contribution in [0, 0.1) is 6.92 Å². The molecule has 5 rings (SSSR count). The van der Waals surface area contributed by atoms with Crippen LogP contribution in [0.2, 0.25) is 0 Å². The van der Waals surface area contributed by atoms with Crippen LogP contribution in [0.4, 0.5) is 23.7 Å². The summed E-state index contributed by atoms with van der Waals surface area (Å²) >= 11 is 1.27. The number of aromatic nitrogens is 3. The van der Waals surface area contributed by atoms with Crippen molar-refractivity contribution in [3.63, 3.8) is 0 Å². The highest BCUT2D eigenvalue weighted by Crippen LogP contribution is 2.33. The maximum Gasteiger partial charge on any atom is 0.573 e. The Hall–Kier alpha value is -4.65. The Morgan fingerprint density at radius 3 is 2.53 bits per heavy atom. The summed E-state index contributed by atoms with van der Waals surface area (Å²) < 4.78 is 42.6. The topological polar surface area (TPSA) is 102 Å². The number of ether oxygens (including phenoxy) is 1. The summed E-state index contributed by atoms with van der Waals surface area (Å²) in [6.07, 6.45) is -0.0800. The standard InChI is InChI=1S/C32H31F3N6O3S/c1-3-23-9-6-7-21(2)28(23)41-27(42)19-45-31(41)38-30(43)36-18-5-4-8-22-10-12-24(13-11-22)29-37-20-40(39-29)25-14-16-26(17-15-25)44-32(33,34)35/h6-7,9-17,20H,3-5,8,18-19H2,1-2H3,(H,36,43). The van der Waals surface area contributed by atoms with Crippen molar-refractivity contribution in [3.05, 3.63) is 89.7 Å². The van der Waals surface area contributed by atoms with E-state index in [4.69, 9.17) is 0 Å². The van der Waals surface area contributed by atoms with E-state index in [-0.39, 0.29) is 17.4 Å². The van der Waals surface area contributed by atoms with Gasteiger partial charge in [0.25, 0.3) is 0 Å². The number of hydrogen-bond acceptors (Lipinski definition) is 6. The Kier molecular flexibility index (Phi) is 9.87. The zero-order chi connectivity index (χ0) is 32.0. The summed E-state index contributed by atoms with van der Waals surface area (Å²) in [6, 6.07) is 18.6. The third kappa shape index (κ3) is 8.09. The number of benzene rings is 3. The molecule has 0 aliphatic carbocycles. The Balaban J connectivity index is 1.09. The first kappa shape index (κ1) is 31.8. The van der Waals surface area contributed by atoms with Crippen molar-refractivity contribution in [1.82, 2.24) is 20.1 Å². The van der Waals surface area contributed by atoms with Gasteiger partial charge in [0.1, 0.15) is 12.1 Å². The molecule has 0 unspecified atom stereocenters. The van der Waals surface area contributed by atoms with Crippen LogP contribution < -0.4 is 15.0 Å². The number of thioether (sulfide) groups is 1. The predicted molar refractivity (Wildman–Crippen MR) is 168 cm³/mol. The van der Waals surface area contributed by atoms with Gasteiger partial charge in [-0.25, -0.2) is 14.5 Å². The number of aryl methyl sites for hydroxylation is 3. The number of hydrogen-bond donors (Lipinski definition) is 1. The number of unbranched alkanes of at least 4 members (excludes halogenated alkanes) is 1. The van der Waals surface area contributed by atoms with Gasteiger partial charge in [-0.2, -0.15) is 4.99 Å². The van der Waals surface area contributed by atoms with Crippen molar-refractivity contribution in [1.29, 1.82) is 0 Å². The van der Waals surface area contributed by atoms with Crippen LogP contribution in [-0.4, -0.2) is 50.5 Å². The lowest BCUT2D eigenvalue weighted by molar-refractivity contribution is -0.274. The molecule has 0 atom stereocenters. The molecule has 45 heavy (non-hydrogen) atoms. The molecule has 0 spiro atoms. The molecular weight excluding hydrogens is 605 g/mol. The fourth-order valence-electron chi connectivity index (χ4n) is 4.91. The number of carbonyl (C=O) groups excluding carboxylic acids is 2. The highest BCUT2D eigenvalue weighted by atomic mass is 32.2. The van der Waals surface area contributed by atoms with Crippen LogP contribution in [0.25, 0.3) is 17.1 Å². The number of halogens is 3. The van der Waals surface area contributed by atoms with E-state index in [0.717, 1.165) is 53.6 Å². The van der Waals surface area contributed by atoms with Gasteiger partial charge in [-0.15, -0.1) is 18.3 Å². The summed E-state index contributed by atoms with van der Waals surface area (Å²) in [5.74, 6) is 0.336. The highest BCUT2D eigenvalue weighted by molar-refractivity contribution is 8.15. The minimum absolute atomic E-state index is 0.0844. The van der Waals surface area contributed by atoms with E-state index >= 15 is 0 Å². The fraction of sp³-hybridized carbons (Fsp3) is 0.281. The first-order valence-corrected chi connectivity index (χ1v) is 15.4. The maximum atomic E-state index is 12.7. The summed E-state index contributed by atoms with van der Waals surface area (Å²) in [5, 5.41) is 7.66. The molecule has 1 saturated heterocycles. The van der Waals surface area contributed by atoms with Crippen LogP contribution in [0.3, 0.4) is 0 Å². The Labute approximate surface area is 262 Å². The Morgan fingerprint density at radius 2 is 1.82 bits per heavy atom. The quantitative estimate of drug-likeness (QED) is 0.191. The summed E-state index contributed by atoms with van der Waals surface area (Å²) in [7, 11) is 0. The zero-order valence-electron chi connectivity index (χ0n) is 24.7. The normalized spacial score (nSPS) is 14.3. The number of urea groups is 1. The van der Waals surface area contributed by atoms with E-state index in [9.17, 15) is 22.8 Å². The lowest BCUT2D eigenvalue weighted by atomic mass is 10.0. The monoisotopic (exact) mass is 636 g/mol. The second-order valence-corrected chi connectivity index (χ2v) is 11.2. The first-order chi connectivity index (χ1) is 21.6. The molecule has 3 amide bonds. The second kappa shape index (κ2) is 14.0. The van der Waals surface area contributed by atoms with Gasteiger partial charge >= 0.3 is 12.4 Å². The van der Waals surface area contributed by atoms with Crippen molar-refractivity contribution >= 4 is 34.6 Å². The predicted octanol–water partition coefficient (Wildman–Crippen LogP) is 6.87. The average Bonchev–Trinajstić information content (AvgIpc) is 3.64. The van der Waals surface area contributed by atoms with Crippen LogP contribution in [-0.2, 0) is 17.6 Å². The molecule has 0 saturated carbocycles. The molecule has 1 N–H and O–H groups in total. The lowest BCUT2D eigenvalue weighted by Crippen LogP contribution is -2.32. The Morgan fingerprint density at radius 1 is 1.07 bits per heavy atom. The second-order valence-electron chi connectivity index (χ2n) is 10.3. The van der Waals surface area contributed by atoms with E-state index in [0.29, 0.717) is 23.2 Å². The molecule has 0 radical (unpaired) electrons. The van der Waals surface area contributed by atoms with Crippen LogP contribution >= 0.6 is 11.8 Å². The molecule has 0 bridgehead atoms. The number of nitrogens with one attached hydrogen (secondary N) is 1. The van der Waals surface area contributed by atoms with Crippen molar-refractivity contribution in [3.8, 4) is 22.8 Å². The van der Waals surface area contributed by atoms with Crippen LogP contribution in [0.5, 0.6) is 5.75 Å². The SMILES string of the molecule is CCc1cccc(C)c1N1C(=O)CSC1=NC(=O)NCCCCc1ccc(-c2ncn(-c3ccc(OC(F)(F)F)cc3)n2)cc1. The largest absolute Gasteiger partial charge is 0.573 e. The van der Waals surface area contributed by atoms with E-state index in [2.05, 4.69) is 25.1 Å². The summed E-state index contributed by atoms with van der Waals surface area (Å²) in [4.78, 5) is 35.3. The number of aliphatic imine (C=N–C) groups is 1. The van der Waals surface area contributed by atoms with Gasteiger partial charge in [0.15, 0.2) is 11.0 Å². The van der Waals surface area contributed by atoms with Crippen molar-refractivity contribution < 1.29 is 27.5 Å². The van der Waals surface area contributed by atoms with E-state index in [1.807, 2.05) is 56.3 Å². The van der Waals surface area contributed by atoms with E-state index in [1.165, 1.54) is 47.0 Å². The molecule has 4 aromatic rings. The number of anilines is 1. The van der Waals surface area contributed by atoms with Gasteiger partial charge < -0.3 is 10.1 Å². The average molecular weight is 637 g/mol. The molecule has 1 fully saturated rings. The van der Waals surface area contributed by atoms with Gasteiger partial charge in [-0.05, 0) is 73.6 Å². The molecular formula is C32H31F3N6O3S. The third-order valence-electron chi connectivity index (χ3n) is 7.10. The Bertz CT molecular complexity index is 1690. The molecule has 1 aliphatic rings. The smallest absolute Gasteiger partial charge is 0.406 e. The molecule has 1 aromatic heterocycles. The number of amides is 3. The summed E-state index contributed by atoms with van der Waals surface area (Å²) in [5.41, 5.74) is 5.27. The third-order valence-corrected chi connectivity index (χ3v) is 8.02. The maximum absolute atomic E-state index is 12.7. The van der Waals surface area contributed by atoms with Gasteiger partial charge in [-0.1, -0.05) is 61.2 Å². The molecule has 13 heteroatoms. The number of amidine groups is 1. The van der Waals surface area contributed by atoms with E-state index < -0.39 is 12.4 Å². The molecule has 9 nitrogen and oxygen atoms in total. The molecule has 1 aliphatic heterocycles.